The first kappa shape index (κ1) is 29.9. The molecule has 0 saturated carbocycles. The Balaban J connectivity index is 1.14. The Kier molecular flexibility index (Phi) is 8.35. The Bertz CT molecular complexity index is 1830. The molecule has 0 radical (unpaired) electrons. The van der Waals surface area contributed by atoms with Crippen LogP contribution in [0, 0.1) is 0 Å². The minimum atomic E-state index is -3.76. The van der Waals surface area contributed by atoms with Crippen molar-refractivity contribution in [3.63, 3.8) is 0 Å². The Morgan fingerprint density at radius 1 is 0.786 bits per heavy atom. The number of hydrogen-bond donors (Lipinski definition) is 3. The van der Waals surface area contributed by atoms with Gasteiger partial charge in [0.2, 0.25) is 10.0 Å². The summed E-state index contributed by atoms with van der Waals surface area (Å²) >= 11 is 0. The fourth-order valence-corrected chi connectivity index (χ4v) is 12.9. The molecule has 0 aliphatic carbocycles. The van der Waals surface area contributed by atoms with Crippen molar-refractivity contribution in [1.82, 2.24) is 9.62 Å². The molecular weight excluding hydrogens is 609 g/mol. The van der Waals surface area contributed by atoms with E-state index < -0.39 is 24.7 Å². The highest BCUT2D eigenvalue weighted by Gasteiger charge is 2.50. The highest BCUT2D eigenvalue weighted by atomic mass is 33.1. The summed E-state index contributed by atoms with van der Waals surface area (Å²) in [6.07, 6.45) is 1.00. The van der Waals surface area contributed by atoms with Crippen molar-refractivity contribution in [2.24, 2.45) is 11.5 Å². The zero-order valence-corrected chi connectivity index (χ0v) is 26.2. The Morgan fingerprint density at radius 2 is 1.36 bits per heavy atom. The summed E-state index contributed by atoms with van der Waals surface area (Å²) in [5.41, 5.74) is 12.2. The van der Waals surface area contributed by atoms with Gasteiger partial charge in [0, 0.05) is 42.7 Å². The van der Waals surface area contributed by atoms with Crippen LogP contribution in [-0.4, -0.2) is 68.7 Å². The molecule has 4 aromatic carbocycles. The average molecular weight is 643 g/mol. The van der Waals surface area contributed by atoms with E-state index >= 15 is 0 Å². The molecule has 0 aromatic heterocycles. The van der Waals surface area contributed by atoms with E-state index in [-0.39, 0.29) is 39.4 Å². The smallest absolute Gasteiger partial charge is 0.243 e. The van der Waals surface area contributed by atoms with Crippen LogP contribution in [0.2, 0.25) is 0 Å². The van der Waals surface area contributed by atoms with Gasteiger partial charge >= 0.3 is 0 Å². The molecule has 2 aliphatic rings. The van der Waals surface area contributed by atoms with E-state index in [0.717, 1.165) is 21.5 Å². The SMILES string of the molecule is NC[C@@H]1C[C@@H](SS[C@H]2CN[C@](CN)(S(=O)(=O)c3ccc4ccccc4c3)C2)CN1S(=O)(=O)c1ccc2ccccc2c1. The quantitative estimate of drug-likeness (QED) is 0.232. The maximum absolute atomic E-state index is 13.8. The highest BCUT2D eigenvalue weighted by molar-refractivity contribution is 8.77. The summed E-state index contributed by atoms with van der Waals surface area (Å²) in [6, 6.07) is 25.5. The maximum atomic E-state index is 13.8. The van der Waals surface area contributed by atoms with E-state index in [2.05, 4.69) is 5.32 Å². The van der Waals surface area contributed by atoms with Gasteiger partial charge in [0.15, 0.2) is 9.84 Å². The van der Waals surface area contributed by atoms with Crippen molar-refractivity contribution in [3.05, 3.63) is 84.9 Å². The largest absolute Gasteiger partial charge is 0.329 e. The van der Waals surface area contributed by atoms with Crippen molar-refractivity contribution >= 4 is 63.0 Å². The normalized spacial score (nSPS) is 25.4. The maximum Gasteiger partial charge on any atom is 0.243 e. The molecule has 6 rings (SSSR count). The number of nitrogens with two attached hydrogens (primary N) is 2. The molecule has 0 unspecified atom stereocenters. The predicted molar refractivity (Wildman–Crippen MR) is 174 cm³/mol. The van der Waals surface area contributed by atoms with Crippen molar-refractivity contribution in [3.8, 4) is 0 Å². The first-order chi connectivity index (χ1) is 20.2. The third kappa shape index (κ3) is 5.36. The number of nitrogens with one attached hydrogen (secondary N) is 1. The minimum Gasteiger partial charge on any atom is -0.329 e. The monoisotopic (exact) mass is 642 g/mol. The lowest BCUT2D eigenvalue weighted by Crippen LogP contribution is -2.53. The lowest BCUT2D eigenvalue weighted by Gasteiger charge is -2.28. The Labute approximate surface area is 255 Å². The molecule has 2 saturated heterocycles. The van der Waals surface area contributed by atoms with Crippen molar-refractivity contribution in [2.75, 3.05) is 26.2 Å². The van der Waals surface area contributed by atoms with Gasteiger partial charge in [-0.25, -0.2) is 16.8 Å². The summed E-state index contributed by atoms with van der Waals surface area (Å²) < 4.78 is 56.6. The molecular formula is C30H34N4O4S4. The molecule has 0 spiro atoms. The van der Waals surface area contributed by atoms with Crippen LogP contribution >= 0.6 is 21.6 Å². The lowest BCUT2D eigenvalue weighted by atomic mass is 10.1. The van der Waals surface area contributed by atoms with Crippen LogP contribution in [0.1, 0.15) is 12.8 Å². The second-order valence-electron chi connectivity index (χ2n) is 10.9. The van der Waals surface area contributed by atoms with E-state index in [1.54, 1.807) is 45.9 Å². The molecule has 2 fully saturated rings. The summed E-state index contributed by atoms with van der Waals surface area (Å²) in [7, 11) is -4.27. The van der Waals surface area contributed by atoms with Crippen LogP contribution in [0.3, 0.4) is 0 Å². The fraction of sp³-hybridized carbons (Fsp3) is 0.333. The Hall–Kier alpha value is -2.16. The number of benzene rings is 4. The lowest BCUT2D eigenvalue weighted by molar-refractivity contribution is 0.393. The molecule has 222 valence electrons. The molecule has 12 heteroatoms. The van der Waals surface area contributed by atoms with Gasteiger partial charge in [-0.2, -0.15) is 4.31 Å². The molecule has 2 aliphatic heterocycles. The predicted octanol–water partition coefficient (Wildman–Crippen LogP) is 3.96. The van der Waals surface area contributed by atoms with Crippen molar-refractivity contribution in [1.29, 1.82) is 0 Å². The number of sulfonamides is 1. The zero-order valence-electron chi connectivity index (χ0n) is 22.9. The zero-order chi connectivity index (χ0) is 29.5. The molecule has 0 amide bonds. The number of fused-ring (bicyclic) bond motifs is 2. The third-order valence-corrected chi connectivity index (χ3v) is 15.9. The summed E-state index contributed by atoms with van der Waals surface area (Å²) in [5.74, 6) is 0. The second-order valence-corrected chi connectivity index (χ2v) is 18.0. The molecule has 4 atom stereocenters. The Morgan fingerprint density at radius 3 is 1.98 bits per heavy atom. The fourth-order valence-electron chi connectivity index (χ4n) is 5.95. The van der Waals surface area contributed by atoms with Crippen LogP contribution in [0.5, 0.6) is 0 Å². The average Bonchev–Trinajstić information content (AvgIpc) is 3.65. The molecule has 2 heterocycles. The molecule has 8 nitrogen and oxygen atoms in total. The van der Waals surface area contributed by atoms with Gasteiger partial charge in [-0.15, -0.1) is 0 Å². The molecule has 42 heavy (non-hydrogen) atoms. The third-order valence-electron chi connectivity index (χ3n) is 8.34. The minimum absolute atomic E-state index is 0.00347. The number of hydrogen-bond acceptors (Lipinski definition) is 9. The van der Waals surface area contributed by atoms with Gasteiger partial charge < -0.3 is 11.5 Å². The van der Waals surface area contributed by atoms with Gasteiger partial charge in [-0.05, 0) is 58.7 Å². The first-order valence-corrected chi connectivity index (χ1v) is 19.1. The van der Waals surface area contributed by atoms with Crippen molar-refractivity contribution < 1.29 is 16.8 Å². The summed E-state index contributed by atoms with van der Waals surface area (Å²) in [4.78, 5) is -0.729. The van der Waals surface area contributed by atoms with Gasteiger partial charge in [0.25, 0.3) is 0 Å². The van der Waals surface area contributed by atoms with Crippen LogP contribution in [0.4, 0.5) is 0 Å². The highest BCUT2D eigenvalue weighted by Crippen LogP contribution is 2.44. The van der Waals surface area contributed by atoms with Gasteiger partial charge in [-0.1, -0.05) is 82.3 Å². The number of nitrogens with zero attached hydrogens (tertiary/aromatic N) is 1. The second kappa shape index (κ2) is 11.7. The standard InChI is InChI=1S/C30H34N4O4S4/c31-17-25-15-26(19-34(25)42(37,38)29-12-10-22-6-2-4-8-24(22)14-29)39-40-27-16-30(20-32,33-18-27)41(35,36)28-11-9-21-5-1-3-7-23(21)13-28/h1-14,25-27,33H,15-20,31-32H2/t25-,26+,27+,30-/m0/s1. The van der Waals surface area contributed by atoms with E-state index in [1.165, 1.54) is 4.31 Å². The summed E-state index contributed by atoms with van der Waals surface area (Å²) in [6.45, 7) is 1.04. The molecule has 5 N–H and O–H groups in total. The van der Waals surface area contributed by atoms with E-state index in [9.17, 15) is 16.8 Å². The van der Waals surface area contributed by atoms with Crippen LogP contribution in [0.15, 0.2) is 94.7 Å². The van der Waals surface area contributed by atoms with E-state index in [4.69, 9.17) is 11.5 Å². The van der Waals surface area contributed by atoms with Gasteiger partial charge in [0.1, 0.15) is 4.87 Å². The number of rotatable bonds is 9. The molecule has 0 bridgehead atoms. The van der Waals surface area contributed by atoms with E-state index in [0.29, 0.717) is 25.9 Å². The first-order valence-electron chi connectivity index (χ1n) is 13.9. The van der Waals surface area contributed by atoms with Crippen LogP contribution in [-0.2, 0) is 19.9 Å². The van der Waals surface area contributed by atoms with Crippen molar-refractivity contribution in [2.45, 2.75) is 44.0 Å². The van der Waals surface area contributed by atoms with Crippen LogP contribution in [0.25, 0.3) is 21.5 Å². The van der Waals surface area contributed by atoms with E-state index in [1.807, 2.05) is 60.7 Å². The van der Waals surface area contributed by atoms with Gasteiger partial charge in [-0.3, -0.25) is 5.32 Å². The van der Waals surface area contributed by atoms with Crippen LogP contribution < -0.4 is 16.8 Å². The topological polar surface area (TPSA) is 136 Å². The summed E-state index contributed by atoms with van der Waals surface area (Å²) in [5, 5.41) is 6.98. The molecule has 4 aromatic rings. The number of sulfone groups is 1. The van der Waals surface area contributed by atoms with Gasteiger partial charge in [0.05, 0.1) is 9.79 Å².